The fraction of sp³-hybridized carbons (Fsp3) is 0.926. The molecular formula is C27H46. The SMILES string of the molecule is CC(C)/C=C/C[C@@H](C)[C@H]1CC[C@H]2[C@@H]3CCC4CCCC[C@]4(C)[C@H]3CC[C@]12C. The maximum Gasteiger partial charge on any atom is -0.0264 e. The van der Waals surface area contributed by atoms with Crippen LogP contribution in [0.2, 0.25) is 0 Å². The summed E-state index contributed by atoms with van der Waals surface area (Å²) in [7, 11) is 0. The quantitative estimate of drug-likeness (QED) is 0.437. The van der Waals surface area contributed by atoms with E-state index >= 15 is 0 Å². The summed E-state index contributed by atoms with van der Waals surface area (Å²) in [6.45, 7) is 12.6. The third-order valence-corrected chi connectivity index (χ3v) is 10.4. The molecule has 0 N–H and O–H groups in total. The van der Waals surface area contributed by atoms with Crippen LogP contribution in [0.5, 0.6) is 0 Å². The fourth-order valence-electron chi connectivity index (χ4n) is 9.00. The Labute approximate surface area is 170 Å². The lowest BCUT2D eigenvalue weighted by Crippen LogP contribution is -2.53. The molecule has 4 fully saturated rings. The molecule has 0 bridgehead atoms. The van der Waals surface area contributed by atoms with E-state index in [-0.39, 0.29) is 0 Å². The van der Waals surface area contributed by atoms with Crippen molar-refractivity contribution < 1.29 is 0 Å². The fourth-order valence-corrected chi connectivity index (χ4v) is 9.00. The lowest BCUT2D eigenvalue weighted by Gasteiger charge is -2.61. The van der Waals surface area contributed by atoms with Gasteiger partial charge in [0.2, 0.25) is 0 Å². The first-order chi connectivity index (χ1) is 12.9. The Balaban J connectivity index is 1.49. The molecule has 4 aliphatic carbocycles. The number of rotatable bonds is 4. The van der Waals surface area contributed by atoms with Gasteiger partial charge >= 0.3 is 0 Å². The molecule has 0 aromatic rings. The number of fused-ring (bicyclic) bond motifs is 5. The summed E-state index contributed by atoms with van der Waals surface area (Å²) in [4.78, 5) is 0. The van der Waals surface area contributed by atoms with Crippen LogP contribution in [-0.2, 0) is 0 Å². The van der Waals surface area contributed by atoms with Gasteiger partial charge in [0.15, 0.2) is 0 Å². The lowest BCUT2D eigenvalue weighted by molar-refractivity contribution is -0.114. The van der Waals surface area contributed by atoms with E-state index in [1.165, 1.54) is 32.1 Å². The summed E-state index contributed by atoms with van der Waals surface area (Å²) in [5.41, 5.74) is 1.34. The van der Waals surface area contributed by atoms with Crippen LogP contribution in [0.4, 0.5) is 0 Å². The molecule has 0 aromatic heterocycles. The maximum absolute atomic E-state index is 2.73. The van der Waals surface area contributed by atoms with Crippen molar-refractivity contribution in [3.63, 3.8) is 0 Å². The predicted octanol–water partition coefficient (Wildman–Crippen LogP) is 8.27. The van der Waals surface area contributed by atoms with E-state index in [4.69, 9.17) is 0 Å². The van der Waals surface area contributed by atoms with Gasteiger partial charge in [0.1, 0.15) is 0 Å². The van der Waals surface area contributed by atoms with Gasteiger partial charge in [0.25, 0.3) is 0 Å². The molecule has 4 saturated carbocycles. The summed E-state index contributed by atoms with van der Waals surface area (Å²) >= 11 is 0. The van der Waals surface area contributed by atoms with Crippen molar-refractivity contribution >= 4 is 0 Å². The van der Waals surface area contributed by atoms with Gasteiger partial charge in [-0.2, -0.15) is 0 Å². The standard InChI is InChI=1S/C27H46/c1-19(2)9-8-10-20(3)23-14-15-24-22-13-12-21-11-6-7-17-26(21,4)25(22)16-18-27(23,24)5/h8-9,19-25H,6-7,10-18H2,1-5H3/b9-8+/t20-,21?,22+,23-,24+,25+,26+,27-/m1/s1. The molecular weight excluding hydrogens is 324 g/mol. The van der Waals surface area contributed by atoms with Gasteiger partial charge in [-0.15, -0.1) is 0 Å². The van der Waals surface area contributed by atoms with E-state index in [0.717, 1.165) is 35.5 Å². The Morgan fingerprint density at radius 2 is 1.59 bits per heavy atom. The van der Waals surface area contributed by atoms with E-state index in [1.807, 2.05) is 0 Å². The van der Waals surface area contributed by atoms with E-state index in [9.17, 15) is 0 Å². The topological polar surface area (TPSA) is 0 Å². The minimum Gasteiger partial charge on any atom is -0.0880 e. The van der Waals surface area contributed by atoms with Gasteiger partial charge in [-0.1, -0.05) is 59.6 Å². The Bertz CT molecular complexity index is 544. The molecule has 27 heavy (non-hydrogen) atoms. The Hall–Kier alpha value is -0.260. The van der Waals surface area contributed by atoms with Crippen molar-refractivity contribution in [3.8, 4) is 0 Å². The molecule has 0 radical (unpaired) electrons. The van der Waals surface area contributed by atoms with Crippen molar-refractivity contribution in [1.82, 2.24) is 0 Å². The summed E-state index contributed by atoms with van der Waals surface area (Å²) in [6, 6.07) is 0. The molecule has 4 rings (SSSR count). The third kappa shape index (κ3) is 3.36. The first kappa shape index (κ1) is 20.0. The van der Waals surface area contributed by atoms with E-state index in [0.29, 0.717) is 16.7 Å². The van der Waals surface area contributed by atoms with Crippen LogP contribution in [0, 0.1) is 52.3 Å². The van der Waals surface area contributed by atoms with Crippen molar-refractivity contribution in [2.75, 3.05) is 0 Å². The monoisotopic (exact) mass is 370 g/mol. The third-order valence-electron chi connectivity index (χ3n) is 10.4. The summed E-state index contributed by atoms with van der Waals surface area (Å²) in [6.07, 6.45) is 21.6. The highest BCUT2D eigenvalue weighted by Crippen LogP contribution is 2.68. The second kappa shape index (κ2) is 7.53. The number of allylic oxidation sites excluding steroid dienone is 2. The van der Waals surface area contributed by atoms with Crippen molar-refractivity contribution in [1.29, 1.82) is 0 Å². The van der Waals surface area contributed by atoms with Crippen LogP contribution in [0.15, 0.2) is 12.2 Å². The Morgan fingerprint density at radius 1 is 0.815 bits per heavy atom. The molecule has 0 nitrogen and oxygen atoms in total. The van der Waals surface area contributed by atoms with E-state index in [2.05, 4.69) is 46.8 Å². The molecule has 0 spiro atoms. The molecule has 8 atom stereocenters. The van der Waals surface area contributed by atoms with Gasteiger partial charge < -0.3 is 0 Å². The smallest absolute Gasteiger partial charge is 0.0264 e. The van der Waals surface area contributed by atoms with E-state index < -0.39 is 0 Å². The van der Waals surface area contributed by atoms with Gasteiger partial charge in [-0.25, -0.2) is 0 Å². The minimum atomic E-state index is 0.643. The molecule has 0 aliphatic heterocycles. The molecule has 0 saturated heterocycles. The number of hydrogen-bond acceptors (Lipinski definition) is 0. The van der Waals surface area contributed by atoms with Gasteiger partial charge in [-0.05, 0) is 110 Å². The largest absolute Gasteiger partial charge is 0.0880 e. The normalized spacial score (nSPS) is 48.3. The second-order valence-corrected chi connectivity index (χ2v) is 12.0. The Kier molecular flexibility index (Phi) is 5.59. The van der Waals surface area contributed by atoms with Crippen molar-refractivity contribution in [2.24, 2.45) is 52.3 Å². The maximum atomic E-state index is 2.73. The van der Waals surface area contributed by atoms with Crippen molar-refractivity contribution in [2.45, 2.75) is 105 Å². The highest BCUT2D eigenvalue weighted by Gasteiger charge is 2.59. The molecule has 154 valence electrons. The zero-order valence-corrected chi connectivity index (χ0v) is 19.0. The average Bonchev–Trinajstić information content (AvgIpc) is 2.98. The Morgan fingerprint density at radius 3 is 2.37 bits per heavy atom. The molecule has 0 amide bonds. The van der Waals surface area contributed by atoms with Crippen LogP contribution in [-0.4, -0.2) is 0 Å². The molecule has 1 unspecified atom stereocenters. The van der Waals surface area contributed by atoms with Gasteiger partial charge in [0.05, 0.1) is 0 Å². The van der Waals surface area contributed by atoms with Crippen LogP contribution in [0.3, 0.4) is 0 Å². The van der Waals surface area contributed by atoms with Crippen LogP contribution in [0.1, 0.15) is 105 Å². The molecule has 4 aliphatic rings. The molecule has 0 heterocycles. The zero-order chi connectivity index (χ0) is 19.2. The van der Waals surface area contributed by atoms with Crippen LogP contribution >= 0.6 is 0 Å². The summed E-state index contributed by atoms with van der Waals surface area (Å²) < 4.78 is 0. The molecule has 0 heteroatoms. The summed E-state index contributed by atoms with van der Waals surface area (Å²) in [5, 5.41) is 0. The zero-order valence-electron chi connectivity index (χ0n) is 19.0. The number of hydrogen-bond donors (Lipinski definition) is 0. The average molecular weight is 371 g/mol. The molecule has 0 aromatic carbocycles. The van der Waals surface area contributed by atoms with Gasteiger partial charge in [-0.3, -0.25) is 0 Å². The summed E-state index contributed by atoms with van der Waals surface area (Å²) in [5.74, 6) is 6.76. The second-order valence-electron chi connectivity index (χ2n) is 12.0. The lowest BCUT2D eigenvalue weighted by atomic mass is 9.44. The van der Waals surface area contributed by atoms with Gasteiger partial charge in [0, 0.05) is 0 Å². The van der Waals surface area contributed by atoms with E-state index in [1.54, 1.807) is 38.5 Å². The highest BCUT2D eigenvalue weighted by molar-refractivity contribution is 5.09. The first-order valence-corrected chi connectivity index (χ1v) is 12.5. The van der Waals surface area contributed by atoms with Crippen LogP contribution < -0.4 is 0 Å². The van der Waals surface area contributed by atoms with Crippen molar-refractivity contribution in [3.05, 3.63) is 12.2 Å². The van der Waals surface area contributed by atoms with Crippen LogP contribution in [0.25, 0.3) is 0 Å². The minimum absolute atomic E-state index is 0.643. The first-order valence-electron chi connectivity index (χ1n) is 12.5. The highest BCUT2D eigenvalue weighted by atomic mass is 14.6. The predicted molar refractivity (Wildman–Crippen MR) is 118 cm³/mol.